The van der Waals surface area contributed by atoms with Gasteiger partial charge in [0.2, 0.25) is 5.78 Å². The molecule has 0 aliphatic rings. The smallest absolute Gasteiger partial charge is 0.343 e. The van der Waals surface area contributed by atoms with Crippen LogP contribution in [-0.2, 0) is 9.53 Å². The quantitative estimate of drug-likeness (QED) is 0.207. The first-order valence-corrected chi connectivity index (χ1v) is 6.46. The third-order valence-corrected chi connectivity index (χ3v) is 2.55. The second kappa shape index (κ2) is 7.04. The van der Waals surface area contributed by atoms with Gasteiger partial charge >= 0.3 is 5.97 Å². The maximum Gasteiger partial charge on any atom is 0.343 e. The predicted molar refractivity (Wildman–Crippen MR) is 74.7 cm³/mol. The Morgan fingerprint density at radius 2 is 2.16 bits per heavy atom. The Morgan fingerprint density at radius 1 is 1.47 bits per heavy atom. The van der Waals surface area contributed by atoms with Crippen molar-refractivity contribution in [2.75, 3.05) is 20.7 Å². The summed E-state index contributed by atoms with van der Waals surface area (Å²) in [7, 11) is 3.46. The van der Waals surface area contributed by atoms with E-state index < -0.39 is 11.8 Å². The third kappa shape index (κ3) is 4.48. The average molecular weight is 327 g/mol. The molecule has 0 amide bonds. The van der Waals surface area contributed by atoms with Gasteiger partial charge in [0.15, 0.2) is 0 Å². The first-order chi connectivity index (χ1) is 8.95. The van der Waals surface area contributed by atoms with Crippen molar-refractivity contribution < 1.29 is 14.3 Å². The van der Waals surface area contributed by atoms with Crippen LogP contribution in [0.3, 0.4) is 0 Å². The van der Waals surface area contributed by atoms with E-state index in [0.29, 0.717) is 10.2 Å². The van der Waals surface area contributed by atoms with Crippen LogP contribution in [0.1, 0.15) is 17.3 Å². The van der Waals surface area contributed by atoms with Crippen molar-refractivity contribution in [1.82, 2.24) is 9.88 Å². The number of hydrogen-bond acceptors (Lipinski definition) is 5. The predicted octanol–water partition coefficient (Wildman–Crippen LogP) is 2.04. The van der Waals surface area contributed by atoms with Crippen molar-refractivity contribution in [3.63, 3.8) is 0 Å². The van der Waals surface area contributed by atoms with Crippen molar-refractivity contribution >= 4 is 27.7 Å². The summed E-state index contributed by atoms with van der Waals surface area (Å²) in [6.07, 6.45) is 2.95. The molecule has 0 radical (unpaired) electrons. The fourth-order valence-electron chi connectivity index (χ4n) is 1.37. The molecule has 0 aliphatic heterocycles. The number of halogens is 1. The topological polar surface area (TPSA) is 59.5 Å². The monoisotopic (exact) mass is 326 g/mol. The number of esters is 1. The number of hydrogen-bond donors (Lipinski definition) is 0. The number of nitrogens with zero attached hydrogens (tertiary/aromatic N) is 2. The molecular weight excluding hydrogens is 312 g/mol. The first-order valence-electron chi connectivity index (χ1n) is 5.67. The highest BCUT2D eigenvalue weighted by Gasteiger charge is 2.21. The number of ketones is 1. The Morgan fingerprint density at radius 3 is 2.68 bits per heavy atom. The van der Waals surface area contributed by atoms with Gasteiger partial charge in [-0.15, -0.1) is 0 Å². The summed E-state index contributed by atoms with van der Waals surface area (Å²) in [6, 6.07) is 3.11. The zero-order valence-corrected chi connectivity index (χ0v) is 12.6. The number of aromatic nitrogens is 1. The van der Waals surface area contributed by atoms with Gasteiger partial charge in [0.05, 0.1) is 6.61 Å². The van der Waals surface area contributed by atoms with E-state index in [1.54, 1.807) is 38.1 Å². The lowest BCUT2D eigenvalue weighted by Gasteiger charge is -2.10. The van der Waals surface area contributed by atoms with Crippen LogP contribution in [0.5, 0.6) is 0 Å². The Labute approximate surface area is 120 Å². The lowest BCUT2D eigenvalue weighted by molar-refractivity contribution is -0.138. The van der Waals surface area contributed by atoms with E-state index >= 15 is 0 Å². The Balaban J connectivity index is 3.12. The minimum Gasteiger partial charge on any atom is -0.462 e. The Hall–Kier alpha value is -1.69. The summed E-state index contributed by atoms with van der Waals surface area (Å²) in [5, 5.41) is 0. The summed E-state index contributed by atoms with van der Waals surface area (Å²) >= 11 is 3.19. The fraction of sp³-hybridized carbons (Fsp3) is 0.308. The van der Waals surface area contributed by atoms with Crippen molar-refractivity contribution in [3.05, 3.63) is 40.3 Å². The van der Waals surface area contributed by atoms with Crippen LogP contribution < -0.4 is 0 Å². The van der Waals surface area contributed by atoms with Crippen LogP contribution in [0.4, 0.5) is 0 Å². The Bertz CT molecular complexity index is 512. The molecule has 0 unspecified atom stereocenters. The van der Waals surface area contributed by atoms with Crippen molar-refractivity contribution in [3.8, 4) is 0 Å². The number of pyridine rings is 1. The molecule has 5 nitrogen and oxygen atoms in total. The average Bonchev–Trinajstić information content (AvgIpc) is 2.35. The molecule has 1 aromatic heterocycles. The van der Waals surface area contributed by atoms with Gasteiger partial charge in [0.1, 0.15) is 10.2 Å². The van der Waals surface area contributed by atoms with Gasteiger partial charge in [-0.1, -0.05) is 0 Å². The Kier molecular flexibility index (Phi) is 5.69. The molecule has 0 aromatic carbocycles. The lowest BCUT2D eigenvalue weighted by atomic mass is 10.1. The van der Waals surface area contributed by atoms with E-state index in [4.69, 9.17) is 4.74 Å². The van der Waals surface area contributed by atoms with Gasteiger partial charge in [0, 0.05) is 32.1 Å². The van der Waals surface area contributed by atoms with Gasteiger partial charge in [-0.3, -0.25) is 4.79 Å². The van der Waals surface area contributed by atoms with E-state index in [1.165, 1.54) is 12.4 Å². The van der Waals surface area contributed by atoms with Crippen molar-refractivity contribution in [2.24, 2.45) is 0 Å². The van der Waals surface area contributed by atoms with Gasteiger partial charge < -0.3 is 9.64 Å². The molecule has 0 saturated heterocycles. The minimum absolute atomic E-state index is 0.00931. The molecule has 0 aliphatic carbocycles. The standard InChI is InChI=1S/C13H15BrN2O3/c1-4-19-13(18)10(8-16(2)3)12(17)9-5-6-15-11(14)7-9/h5-8H,4H2,1-3H3/b10-8+. The van der Waals surface area contributed by atoms with Crippen LogP contribution in [0, 0.1) is 0 Å². The molecule has 1 heterocycles. The molecule has 1 rings (SSSR count). The molecule has 0 atom stereocenters. The molecule has 19 heavy (non-hydrogen) atoms. The molecule has 102 valence electrons. The first kappa shape index (κ1) is 15.4. The summed E-state index contributed by atoms with van der Waals surface area (Å²) < 4.78 is 5.43. The normalized spacial score (nSPS) is 11.1. The zero-order valence-electron chi connectivity index (χ0n) is 11.0. The summed E-state index contributed by atoms with van der Waals surface area (Å²) in [5.41, 5.74) is 0.368. The van der Waals surface area contributed by atoms with Crippen LogP contribution in [-0.4, -0.2) is 42.3 Å². The highest BCUT2D eigenvalue weighted by atomic mass is 79.9. The van der Waals surface area contributed by atoms with E-state index in [1.807, 2.05) is 0 Å². The van der Waals surface area contributed by atoms with Crippen molar-refractivity contribution in [2.45, 2.75) is 6.92 Å². The number of Topliss-reactive ketones (excluding diaryl/α,β-unsaturated/α-hetero) is 1. The summed E-state index contributed by atoms with van der Waals surface area (Å²) in [4.78, 5) is 29.7. The zero-order chi connectivity index (χ0) is 14.4. The molecule has 0 spiro atoms. The number of carbonyl (C=O) groups is 2. The highest BCUT2D eigenvalue weighted by molar-refractivity contribution is 9.10. The largest absolute Gasteiger partial charge is 0.462 e. The lowest BCUT2D eigenvalue weighted by Crippen LogP contribution is -2.19. The maximum atomic E-state index is 12.3. The molecule has 0 saturated carbocycles. The van der Waals surface area contributed by atoms with Gasteiger partial charge in [0.25, 0.3) is 0 Å². The summed E-state index contributed by atoms with van der Waals surface area (Å²) in [5.74, 6) is -1.02. The second-order valence-electron chi connectivity index (χ2n) is 3.92. The SMILES string of the molecule is CCOC(=O)/C(=C/N(C)C)C(=O)c1ccnc(Br)c1. The van der Waals surface area contributed by atoms with Crippen LogP contribution in [0.15, 0.2) is 34.7 Å². The fourth-order valence-corrected chi connectivity index (χ4v) is 1.74. The van der Waals surface area contributed by atoms with E-state index in [0.717, 1.165) is 0 Å². The molecule has 0 fully saturated rings. The van der Waals surface area contributed by atoms with Gasteiger partial charge in [-0.25, -0.2) is 9.78 Å². The summed E-state index contributed by atoms with van der Waals surface area (Å²) in [6.45, 7) is 1.91. The van der Waals surface area contributed by atoms with E-state index in [2.05, 4.69) is 20.9 Å². The molecular formula is C13H15BrN2O3. The van der Waals surface area contributed by atoms with Gasteiger partial charge in [-0.2, -0.15) is 0 Å². The van der Waals surface area contributed by atoms with Crippen molar-refractivity contribution in [1.29, 1.82) is 0 Å². The molecule has 1 aromatic rings. The minimum atomic E-state index is -0.630. The molecule has 0 N–H and O–H groups in total. The van der Waals surface area contributed by atoms with Crippen LogP contribution >= 0.6 is 15.9 Å². The van der Waals surface area contributed by atoms with E-state index in [-0.39, 0.29) is 12.2 Å². The number of carbonyl (C=O) groups excluding carboxylic acids is 2. The third-order valence-electron chi connectivity index (χ3n) is 2.12. The second-order valence-corrected chi connectivity index (χ2v) is 4.74. The van der Waals surface area contributed by atoms with Crippen LogP contribution in [0.2, 0.25) is 0 Å². The number of ether oxygens (including phenoxy) is 1. The highest BCUT2D eigenvalue weighted by Crippen LogP contribution is 2.14. The maximum absolute atomic E-state index is 12.3. The number of rotatable bonds is 5. The molecule has 0 bridgehead atoms. The molecule has 6 heteroatoms. The van der Waals surface area contributed by atoms with E-state index in [9.17, 15) is 9.59 Å². The van der Waals surface area contributed by atoms with Gasteiger partial charge in [-0.05, 0) is 35.0 Å². The van der Waals surface area contributed by atoms with Crippen LogP contribution in [0.25, 0.3) is 0 Å².